The smallest absolute Gasteiger partial charge is 0.412 e. The molecule has 1 rings (SSSR count). The molecule has 0 spiro atoms. The van der Waals surface area contributed by atoms with Crippen LogP contribution in [0.3, 0.4) is 0 Å². The average Bonchev–Trinajstić information content (AvgIpc) is 2.29. The molecule has 1 aromatic carbocycles. The molecule has 0 heterocycles. The fourth-order valence-electron chi connectivity index (χ4n) is 1.57. The summed E-state index contributed by atoms with van der Waals surface area (Å²) in [6.07, 6.45) is -1.21. The molecule has 0 atom stereocenters. The molecule has 120 valence electrons. The first-order valence-electron chi connectivity index (χ1n) is 6.18. The minimum absolute atomic E-state index is 0.126. The molecule has 0 aliphatic heterocycles. The molecule has 1 aromatic rings. The normalized spacial score (nSPS) is 10.9. The Morgan fingerprint density at radius 2 is 2.00 bits per heavy atom. The topological polar surface area (TPSA) is 119 Å². The monoisotopic (exact) mass is 374 g/mol. The van der Waals surface area contributed by atoms with E-state index in [1.165, 1.54) is 6.07 Å². The number of aliphatic carboxylic acids is 1. The van der Waals surface area contributed by atoms with Gasteiger partial charge in [-0.2, -0.15) is 0 Å². The van der Waals surface area contributed by atoms with Crippen molar-refractivity contribution in [3.05, 3.63) is 32.3 Å². The van der Waals surface area contributed by atoms with E-state index in [2.05, 4.69) is 21.2 Å². The lowest BCUT2D eigenvalue weighted by atomic mass is 10.1. The van der Waals surface area contributed by atoms with E-state index in [0.717, 1.165) is 6.07 Å². The number of rotatable bonds is 4. The molecule has 22 heavy (non-hydrogen) atoms. The van der Waals surface area contributed by atoms with Gasteiger partial charge in [-0.3, -0.25) is 20.2 Å². The van der Waals surface area contributed by atoms with Crippen LogP contribution in [0, 0.1) is 10.1 Å². The van der Waals surface area contributed by atoms with Crippen molar-refractivity contribution in [3.8, 4) is 0 Å². The largest absolute Gasteiger partial charge is 0.481 e. The third-order valence-electron chi connectivity index (χ3n) is 2.34. The van der Waals surface area contributed by atoms with Gasteiger partial charge in [0.25, 0.3) is 5.69 Å². The summed E-state index contributed by atoms with van der Waals surface area (Å²) in [5, 5.41) is 22.2. The zero-order chi connectivity index (χ0) is 17.1. The second kappa shape index (κ2) is 6.73. The third-order valence-corrected chi connectivity index (χ3v) is 3.08. The van der Waals surface area contributed by atoms with Gasteiger partial charge in [0.1, 0.15) is 11.3 Å². The Kier molecular flexibility index (Phi) is 5.48. The summed E-state index contributed by atoms with van der Waals surface area (Å²) in [5.41, 5.74) is -0.965. The summed E-state index contributed by atoms with van der Waals surface area (Å²) in [6.45, 7) is 4.95. The molecule has 0 bridgehead atoms. The van der Waals surface area contributed by atoms with Crippen molar-refractivity contribution in [1.82, 2.24) is 0 Å². The maximum Gasteiger partial charge on any atom is 0.412 e. The molecule has 0 saturated heterocycles. The van der Waals surface area contributed by atoms with Gasteiger partial charge >= 0.3 is 12.1 Å². The van der Waals surface area contributed by atoms with E-state index in [1.54, 1.807) is 20.8 Å². The number of carboxylic acid groups (broad SMARTS) is 1. The summed E-state index contributed by atoms with van der Waals surface area (Å²) in [6, 6.07) is 2.38. The summed E-state index contributed by atoms with van der Waals surface area (Å²) >= 11 is 3.08. The zero-order valence-corrected chi connectivity index (χ0v) is 13.8. The van der Waals surface area contributed by atoms with Crippen molar-refractivity contribution < 1.29 is 24.4 Å². The molecule has 0 aliphatic carbocycles. The van der Waals surface area contributed by atoms with Crippen molar-refractivity contribution in [1.29, 1.82) is 0 Å². The van der Waals surface area contributed by atoms with E-state index in [4.69, 9.17) is 9.84 Å². The first kappa shape index (κ1) is 17.9. The van der Waals surface area contributed by atoms with Crippen molar-refractivity contribution in [3.63, 3.8) is 0 Å². The van der Waals surface area contributed by atoms with Gasteiger partial charge in [-0.1, -0.05) is 15.9 Å². The third kappa shape index (κ3) is 5.32. The number of carbonyl (C=O) groups is 2. The number of ether oxygens (including phenoxy) is 1. The molecular formula is C13H15BrN2O6. The predicted molar refractivity (Wildman–Crippen MR) is 82.0 cm³/mol. The highest BCUT2D eigenvalue weighted by Crippen LogP contribution is 2.32. The lowest BCUT2D eigenvalue weighted by Gasteiger charge is -2.19. The number of halogens is 1. The van der Waals surface area contributed by atoms with Crippen molar-refractivity contribution >= 4 is 39.4 Å². The molecule has 0 fully saturated rings. The Morgan fingerprint density at radius 3 is 2.45 bits per heavy atom. The van der Waals surface area contributed by atoms with E-state index in [-0.39, 0.29) is 22.3 Å². The maximum atomic E-state index is 11.7. The fourth-order valence-corrected chi connectivity index (χ4v) is 2.04. The minimum Gasteiger partial charge on any atom is -0.481 e. The minimum atomic E-state index is -1.10. The molecule has 9 heteroatoms. The van der Waals surface area contributed by atoms with Crippen LogP contribution in [0.5, 0.6) is 0 Å². The van der Waals surface area contributed by atoms with Crippen molar-refractivity contribution in [2.45, 2.75) is 32.8 Å². The van der Waals surface area contributed by atoms with Gasteiger partial charge in [0.2, 0.25) is 0 Å². The van der Waals surface area contributed by atoms with Crippen LogP contribution in [0.2, 0.25) is 0 Å². The van der Waals surface area contributed by atoms with E-state index in [9.17, 15) is 19.7 Å². The number of hydrogen-bond acceptors (Lipinski definition) is 5. The predicted octanol–water partition coefficient (Wildman–Crippen LogP) is 3.33. The van der Waals surface area contributed by atoms with Gasteiger partial charge in [-0.05, 0) is 32.4 Å². The highest BCUT2D eigenvalue weighted by molar-refractivity contribution is 9.10. The number of amides is 1. The lowest BCUT2D eigenvalue weighted by Crippen LogP contribution is -2.27. The Hall–Kier alpha value is -2.16. The Balaban J connectivity index is 3.17. The number of nitrogens with zero attached hydrogens (tertiary/aromatic N) is 1. The number of carboxylic acids is 1. The van der Waals surface area contributed by atoms with E-state index < -0.39 is 22.6 Å². The number of carbonyl (C=O) groups excluding carboxylic acids is 1. The zero-order valence-electron chi connectivity index (χ0n) is 12.2. The lowest BCUT2D eigenvalue weighted by molar-refractivity contribution is -0.384. The fraction of sp³-hybridized carbons (Fsp3) is 0.385. The van der Waals surface area contributed by atoms with E-state index >= 15 is 0 Å². The van der Waals surface area contributed by atoms with Gasteiger partial charge < -0.3 is 9.84 Å². The van der Waals surface area contributed by atoms with Crippen LogP contribution in [0.4, 0.5) is 16.2 Å². The summed E-state index contributed by atoms with van der Waals surface area (Å²) in [4.78, 5) is 32.9. The second-order valence-electron chi connectivity index (χ2n) is 5.42. The van der Waals surface area contributed by atoms with Gasteiger partial charge in [0, 0.05) is 10.5 Å². The van der Waals surface area contributed by atoms with E-state index in [1.807, 2.05) is 0 Å². The number of nitrogens with one attached hydrogen (secondary N) is 1. The summed E-state index contributed by atoms with van der Waals surface area (Å²) in [7, 11) is 0. The van der Waals surface area contributed by atoms with Gasteiger partial charge in [-0.25, -0.2) is 4.79 Å². The Bertz CT molecular complexity index is 624. The molecule has 0 saturated carbocycles. The van der Waals surface area contributed by atoms with Crippen molar-refractivity contribution in [2.75, 3.05) is 5.32 Å². The van der Waals surface area contributed by atoms with Crippen LogP contribution in [0.1, 0.15) is 26.3 Å². The number of nitro benzene ring substituents is 1. The Morgan fingerprint density at radius 1 is 1.41 bits per heavy atom. The van der Waals surface area contributed by atoms with E-state index in [0.29, 0.717) is 5.56 Å². The summed E-state index contributed by atoms with van der Waals surface area (Å²) < 4.78 is 5.30. The SMILES string of the molecule is CC(C)(C)OC(=O)Nc1cc(CC(=O)O)c(Br)cc1[N+](=O)[O-]. The first-order chi connectivity index (χ1) is 9.99. The number of hydrogen-bond donors (Lipinski definition) is 2. The number of benzene rings is 1. The molecule has 0 radical (unpaired) electrons. The van der Waals surface area contributed by atoms with Crippen molar-refractivity contribution in [2.24, 2.45) is 0 Å². The van der Waals surface area contributed by atoms with Gasteiger partial charge in [-0.15, -0.1) is 0 Å². The molecular weight excluding hydrogens is 360 g/mol. The van der Waals surface area contributed by atoms with Gasteiger partial charge in [0.15, 0.2) is 0 Å². The highest BCUT2D eigenvalue weighted by atomic mass is 79.9. The van der Waals surface area contributed by atoms with Crippen LogP contribution in [-0.2, 0) is 16.0 Å². The van der Waals surface area contributed by atoms with Crippen LogP contribution < -0.4 is 5.32 Å². The Labute approximate surface area is 134 Å². The first-order valence-corrected chi connectivity index (χ1v) is 6.97. The van der Waals surface area contributed by atoms with Crippen LogP contribution in [-0.4, -0.2) is 27.7 Å². The quantitative estimate of drug-likeness (QED) is 0.616. The molecule has 0 unspecified atom stereocenters. The number of anilines is 1. The molecule has 2 N–H and O–H groups in total. The molecule has 1 amide bonds. The molecule has 8 nitrogen and oxygen atoms in total. The molecule has 0 aliphatic rings. The highest BCUT2D eigenvalue weighted by Gasteiger charge is 2.23. The number of nitro groups is 1. The van der Waals surface area contributed by atoms with Crippen LogP contribution in [0.25, 0.3) is 0 Å². The summed E-state index contributed by atoms with van der Waals surface area (Å²) in [5.74, 6) is -1.10. The van der Waals surface area contributed by atoms with Crippen LogP contribution in [0.15, 0.2) is 16.6 Å². The average molecular weight is 375 g/mol. The molecule has 0 aromatic heterocycles. The second-order valence-corrected chi connectivity index (χ2v) is 6.27. The van der Waals surface area contributed by atoms with Gasteiger partial charge in [0.05, 0.1) is 11.3 Å². The van der Waals surface area contributed by atoms with Crippen LogP contribution >= 0.6 is 15.9 Å². The standard InChI is InChI=1S/C13H15BrN2O6/c1-13(2,3)22-12(19)15-9-4-7(5-11(17)18)8(14)6-10(9)16(20)21/h4,6H,5H2,1-3H3,(H,15,19)(H,17,18). The maximum absolute atomic E-state index is 11.7.